The highest BCUT2D eigenvalue weighted by Gasteiger charge is 2.22. The quantitative estimate of drug-likeness (QED) is 0.0418. The fraction of sp³-hybridized carbons (Fsp3) is 0.600. The second-order valence-corrected chi connectivity index (χ2v) is 12.0. The highest BCUT2D eigenvalue weighted by Crippen LogP contribution is 2.24. The van der Waals surface area contributed by atoms with E-state index in [9.17, 15) is 51.1 Å². The minimum Gasteiger partial charge on any atom is -0.394 e. The minimum atomic E-state index is -1.22. The zero-order chi connectivity index (χ0) is 38.2. The molecule has 0 saturated heterocycles. The van der Waals surface area contributed by atoms with Gasteiger partial charge in [0, 0.05) is 50.6 Å². The van der Waals surface area contributed by atoms with Gasteiger partial charge < -0.3 is 82.1 Å². The first kappa shape index (κ1) is 42.1. The van der Waals surface area contributed by atoms with Gasteiger partial charge in [0.15, 0.2) is 0 Å². The number of anilines is 8. The second-order valence-electron chi connectivity index (χ2n) is 12.0. The monoisotopic (exact) mass is 738 g/mol. The molecule has 2 aromatic heterocycles. The lowest BCUT2D eigenvalue weighted by atomic mass is 10.3. The number of rotatable bonds is 24. The van der Waals surface area contributed by atoms with Crippen molar-refractivity contribution >= 4 is 47.1 Å². The van der Waals surface area contributed by atoms with Crippen LogP contribution in [0.4, 0.5) is 47.1 Å². The number of aromatic nitrogens is 6. The molecule has 6 atom stereocenters. The average Bonchev–Trinajstić information content (AvgIpc) is 3.12. The van der Waals surface area contributed by atoms with Gasteiger partial charge in [-0.15, -0.1) is 0 Å². The van der Waals surface area contributed by atoms with Crippen molar-refractivity contribution in [2.45, 2.75) is 50.5 Å². The summed E-state index contributed by atoms with van der Waals surface area (Å²) in [6, 6.07) is 6.74. The SMILES string of the molecule is CC(O)CNc1nc(Nc2cccc(Nc3nc(NCC(C)O)nc(N(CC(O)CO)CC(O)CO)n3)c2)nc(N(CC(O)CO)CC(O)CO)n1. The molecule has 1 aromatic carbocycles. The number of nitrogens with zero attached hydrogens (tertiary/aromatic N) is 8. The first-order valence-electron chi connectivity index (χ1n) is 16.5. The molecule has 0 aliphatic carbocycles. The minimum absolute atomic E-state index is 0.0167. The van der Waals surface area contributed by atoms with Crippen LogP contribution in [-0.2, 0) is 0 Å². The van der Waals surface area contributed by atoms with E-state index in [4.69, 9.17) is 0 Å². The van der Waals surface area contributed by atoms with E-state index in [1.807, 2.05) is 0 Å². The lowest BCUT2D eigenvalue weighted by Crippen LogP contribution is -2.41. The Morgan fingerprint density at radius 3 is 1.15 bits per heavy atom. The molecule has 0 spiro atoms. The molecule has 0 fully saturated rings. The summed E-state index contributed by atoms with van der Waals surface area (Å²) in [6.07, 6.45) is -6.40. The summed E-state index contributed by atoms with van der Waals surface area (Å²) in [5.74, 6) is 0.0900. The standard InChI is InChI=1S/C30H50N12O10/c1-17(47)7-31-25-35-27(39-29(37-25)41(9-21(49)13-43)10-22(50)14-44)33-19-4-3-5-20(6-19)34-28-36-26(32-8-18(2)48)38-30(40-28)42(11-23(51)15-45)12-24(52)16-46/h3-6,17-18,21-24,43-52H,7-16H2,1-2H3,(H2,31,33,35,37,39)(H2,32,34,36,38,40). The van der Waals surface area contributed by atoms with Crippen LogP contribution in [0.5, 0.6) is 0 Å². The molecule has 22 nitrogen and oxygen atoms in total. The lowest BCUT2D eigenvalue weighted by molar-refractivity contribution is 0.0834. The number of nitrogens with one attached hydrogen (secondary N) is 4. The Kier molecular flexibility index (Phi) is 17.2. The van der Waals surface area contributed by atoms with Gasteiger partial charge in [-0.1, -0.05) is 6.07 Å². The third-order valence-corrected chi connectivity index (χ3v) is 6.87. The molecule has 22 heteroatoms. The van der Waals surface area contributed by atoms with Crippen LogP contribution < -0.4 is 31.1 Å². The van der Waals surface area contributed by atoms with Crippen LogP contribution >= 0.6 is 0 Å². The summed E-state index contributed by atoms with van der Waals surface area (Å²) in [5, 5.41) is 110. The zero-order valence-corrected chi connectivity index (χ0v) is 28.9. The normalized spacial score (nSPS) is 14.8. The molecule has 3 rings (SSSR count). The highest BCUT2D eigenvalue weighted by atomic mass is 16.3. The van der Waals surface area contributed by atoms with Crippen LogP contribution in [-0.4, -0.2) is 183 Å². The molecule has 290 valence electrons. The highest BCUT2D eigenvalue weighted by molar-refractivity contribution is 5.65. The van der Waals surface area contributed by atoms with Crippen molar-refractivity contribution in [3.63, 3.8) is 0 Å². The molecule has 52 heavy (non-hydrogen) atoms. The van der Waals surface area contributed by atoms with Crippen LogP contribution in [0.3, 0.4) is 0 Å². The Balaban J connectivity index is 1.97. The molecule has 3 aromatic rings. The van der Waals surface area contributed by atoms with Crippen molar-refractivity contribution in [3.05, 3.63) is 24.3 Å². The molecule has 14 N–H and O–H groups in total. The van der Waals surface area contributed by atoms with E-state index >= 15 is 0 Å². The van der Waals surface area contributed by atoms with Gasteiger partial charge in [-0.05, 0) is 32.0 Å². The van der Waals surface area contributed by atoms with E-state index in [1.54, 1.807) is 38.1 Å². The van der Waals surface area contributed by atoms with E-state index in [1.165, 1.54) is 9.80 Å². The first-order chi connectivity index (χ1) is 24.8. The fourth-order valence-electron chi connectivity index (χ4n) is 4.42. The van der Waals surface area contributed by atoms with Gasteiger partial charge in [0.05, 0.1) is 63.1 Å². The van der Waals surface area contributed by atoms with Crippen molar-refractivity contribution in [1.29, 1.82) is 0 Å². The van der Waals surface area contributed by atoms with Gasteiger partial charge in [-0.3, -0.25) is 0 Å². The molecule has 0 aliphatic rings. The van der Waals surface area contributed by atoms with E-state index in [-0.39, 0.29) is 75.0 Å². The summed E-state index contributed by atoms with van der Waals surface area (Å²) < 4.78 is 0. The summed E-state index contributed by atoms with van der Waals surface area (Å²) in [5.41, 5.74) is 0.919. The smallest absolute Gasteiger partial charge is 0.233 e. The van der Waals surface area contributed by atoms with Crippen molar-refractivity contribution in [2.75, 3.05) is 96.8 Å². The number of aliphatic hydroxyl groups is 10. The van der Waals surface area contributed by atoms with Gasteiger partial charge in [0.1, 0.15) is 0 Å². The molecule has 0 radical (unpaired) electrons. The Labute approximate surface area is 299 Å². The van der Waals surface area contributed by atoms with E-state index in [0.29, 0.717) is 11.4 Å². The number of hydrogen-bond acceptors (Lipinski definition) is 22. The molecular weight excluding hydrogens is 688 g/mol. The molecule has 0 bridgehead atoms. The maximum absolute atomic E-state index is 10.1. The Morgan fingerprint density at radius 2 is 0.846 bits per heavy atom. The van der Waals surface area contributed by atoms with Crippen LogP contribution in [0.2, 0.25) is 0 Å². The van der Waals surface area contributed by atoms with Gasteiger partial charge in [-0.25, -0.2) is 0 Å². The molecular formula is C30H50N12O10. The number of hydrogen-bond donors (Lipinski definition) is 14. The third-order valence-electron chi connectivity index (χ3n) is 6.87. The Hall–Kier alpha value is -4.36. The van der Waals surface area contributed by atoms with E-state index < -0.39 is 63.1 Å². The summed E-state index contributed by atoms with van der Waals surface area (Å²) in [6.45, 7) is 0.197. The first-order valence-corrected chi connectivity index (χ1v) is 16.5. The summed E-state index contributed by atoms with van der Waals surface area (Å²) >= 11 is 0. The van der Waals surface area contributed by atoms with Gasteiger partial charge >= 0.3 is 0 Å². The summed E-state index contributed by atoms with van der Waals surface area (Å²) in [4.78, 5) is 29.0. The number of aliphatic hydroxyl groups excluding tert-OH is 10. The van der Waals surface area contributed by atoms with Gasteiger partial charge in [0.2, 0.25) is 35.7 Å². The average molecular weight is 739 g/mol. The van der Waals surface area contributed by atoms with Crippen molar-refractivity contribution < 1.29 is 51.1 Å². The van der Waals surface area contributed by atoms with Crippen LogP contribution in [0.15, 0.2) is 24.3 Å². The van der Waals surface area contributed by atoms with Crippen LogP contribution in [0.25, 0.3) is 0 Å². The predicted molar refractivity (Wildman–Crippen MR) is 190 cm³/mol. The third kappa shape index (κ3) is 14.3. The largest absolute Gasteiger partial charge is 0.394 e. The molecule has 0 saturated carbocycles. The Bertz CT molecular complexity index is 1370. The van der Waals surface area contributed by atoms with Gasteiger partial charge in [0.25, 0.3) is 0 Å². The maximum atomic E-state index is 10.1. The molecule has 6 unspecified atom stereocenters. The maximum Gasteiger partial charge on any atom is 0.233 e. The topological polar surface area (TPSA) is 334 Å². The molecule has 0 aliphatic heterocycles. The zero-order valence-electron chi connectivity index (χ0n) is 28.9. The lowest BCUT2D eigenvalue weighted by Gasteiger charge is -2.27. The second kappa shape index (κ2) is 21.2. The Morgan fingerprint density at radius 1 is 0.519 bits per heavy atom. The summed E-state index contributed by atoms with van der Waals surface area (Å²) in [7, 11) is 0. The van der Waals surface area contributed by atoms with Gasteiger partial charge in [-0.2, -0.15) is 29.9 Å². The van der Waals surface area contributed by atoms with Crippen molar-refractivity contribution in [3.8, 4) is 0 Å². The number of benzene rings is 1. The van der Waals surface area contributed by atoms with Crippen molar-refractivity contribution in [1.82, 2.24) is 29.9 Å². The molecule has 0 amide bonds. The van der Waals surface area contributed by atoms with Crippen LogP contribution in [0.1, 0.15) is 13.8 Å². The van der Waals surface area contributed by atoms with Crippen LogP contribution in [0, 0.1) is 0 Å². The predicted octanol–water partition coefficient (Wildman–Crippen LogP) is -3.85. The molecule has 2 heterocycles. The fourth-order valence-corrected chi connectivity index (χ4v) is 4.42. The van der Waals surface area contributed by atoms with E-state index in [2.05, 4.69) is 51.2 Å². The van der Waals surface area contributed by atoms with E-state index in [0.717, 1.165) is 0 Å². The van der Waals surface area contributed by atoms with Crippen molar-refractivity contribution in [2.24, 2.45) is 0 Å².